The third kappa shape index (κ3) is 2.86. The van der Waals surface area contributed by atoms with Crippen LogP contribution in [0.5, 0.6) is 0 Å². The number of amides is 2. The van der Waals surface area contributed by atoms with Crippen LogP contribution in [0.15, 0.2) is 23.0 Å². The number of rotatable bonds is 2. The maximum atomic E-state index is 12.6. The quantitative estimate of drug-likeness (QED) is 0.625. The van der Waals surface area contributed by atoms with Gasteiger partial charge in [0.25, 0.3) is 0 Å². The summed E-state index contributed by atoms with van der Waals surface area (Å²) in [5.74, 6) is -1.34. The summed E-state index contributed by atoms with van der Waals surface area (Å²) < 4.78 is 0. The molecule has 0 aliphatic carbocycles. The van der Waals surface area contributed by atoms with Crippen molar-refractivity contribution in [3.63, 3.8) is 0 Å². The van der Waals surface area contributed by atoms with E-state index in [2.05, 4.69) is 20.6 Å². The van der Waals surface area contributed by atoms with Gasteiger partial charge in [-0.1, -0.05) is 20.8 Å². The predicted molar refractivity (Wildman–Crippen MR) is 87.0 cm³/mol. The van der Waals surface area contributed by atoms with Crippen molar-refractivity contribution in [2.24, 2.45) is 17.3 Å². The monoisotopic (exact) mass is 316 g/mol. The van der Waals surface area contributed by atoms with Gasteiger partial charge in [-0.05, 0) is 23.6 Å². The summed E-state index contributed by atoms with van der Waals surface area (Å²) in [4.78, 5) is 41.2. The number of carbonyl (C=O) groups is 2. The molecule has 1 aliphatic heterocycles. The number of carbonyl (C=O) groups excluding carboxylic acids is 2. The molecule has 7 nitrogen and oxygen atoms in total. The molecule has 0 unspecified atom stereocenters. The highest BCUT2D eigenvalue weighted by molar-refractivity contribution is 6.08. The average molecular weight is 316 g/mol. The van der Waals surface area contributed by atoms with Crippen LogP contribution < -0.4 is 16.3 Å². The van der Waals surface area contributed by atoms with E-state index >= 15 is 0 Å². The Morgan fingerprint density at radius 2 is 1.87 bits per heavy atom. The molecular weight excluding hydrogens is 296 g/mol. The molecule has 2 heterocycles. The first-order valence-electron chi connectivity index (χ1n) is 7.56. The predicted octanol–water partition coefficient (Wildman–Crippen LogP) is 1.20. The van der Waals surface area contributed by atoms with E-state index in [0.29, 0.717) is 23.3 Å². The molecule has 0 spiro atoms. The number of anilines is 1. The number of fused-ring (bicyclic) bond motifs is 1. The Morgan fingerprint density at radius 1 is 1.17 bits per heavy atom. The standard InChI is InChI=1S/C16H20N4O3/c1-16(2,3)9-7-17-13(21)12(9)14(22)18-8-4-5-10-11(6-8)20-15(23)19-10/h4-6,9,12H,7H2,1-3H3,(H,17,21)(H,18,22)(H2,19,20,23)/t9-,12+/m1/s1. The number of nitrogens with one attached hydrogen (secondary N) is 4. The third-order valence-electron chi connectivity index (χ3n) is 4.36. The van der Waals surface area contributed by atoms with Crippen LogP contribution in [0, 0.1) is 17.3 Å². The lowest BCUT2D eigenvalue weighted by molar-refractivity contribution is -0.132. The minimum Gasteiger partial charge on any atom is -0.355 e. The van der Waals surface area contributed by atoms with E-state index < -0.39 is 5.92 Å². The Hall–Kier alpha value is -2.57. The van der Waals surface area contributed by atoms with Gasteiger partial charge in [0, 0.05) is 18.2 Å². The molecule has 7 heteroatoms. The van der Waals surface area contributed by atoms with Crippen LogP contribution in [-0.4, -0.2) is 28.3 Å². The number of imidazole rings is 1. The molecule has 0 bridgehead atoms. The van der Waals surface area contributed by atoms with E-state index in [1.54, 1.807) is 18.2 Å². The maximum Gasteiger partial charge on any atom is 0.323 e. The molecule has 122 valence electrons. The Bertz CT molecular complexity index is 828. The van der Waals surface area contributed by atoms with E-state index in [9.17, 15) is 14.4 Å². The second kappa shape index (κ2) is 5.26. The smallest absolute Gasteiger partial charge is 0.323 e. The summed E-state index contributed by atoms with van der Waals surface area (Å²) in [7, 11) is 0. The summed E-state index contributed by atoms with van der Waals surface area (Å²) in [5, 5.41) is 5.56. The molecule has 1 aromatic carbocycles. The number of aromatic nitrogens is 2. The average Bonchev–Trinajstić information content (AvgIpc) is 2.99. The lowest BCUT2D eigenvalue weighted by Gasteiger charge is -2.29. The van der Waals surface area contributed by atoms with Crippen molar-refractivity contribution in [2.75, 3.05) is 11.9 Å². The largest absolute Gasteiger partial charge is 0.355 e. The first-order valence-corrected chi connectivity index (χ1v) is 7.56. The Kier molecular flexibility index (Phi) is 3.50. The summed E-state index contributed by atoms with van der Waals surface area (Å²) in [6.07, 6.45) is 0. The number of H-pyrrole nitrogens is 2. The molecule has 2 amide bonds. The van der Waals surface area contributed by atoms with Crippen molar-refractivity contribution >= 4 is 28.5 Å². The Morgan fingerprint density at radius 3 is 2.57 bits per heavy atom. The zero-order valence-electron chi connectivity index (χ0n) is 13.3. The van der Waals surface area contributed by atoms with E-state index in [1.165, 1.54) is 0 Å². The second-order valence-electron chi connectivity index (χ2n) is 7.02. The summed E-state index contributed by atoms with van der Waals surface area (Å²) in [6, 6.07) is 5.08. The Labute approximate surface area is 132 Å². The minimum atomic E-state index is -0.712. The van der Waals surface area contributed by atoms with Crippen molar-refractivity contribution in [2.45, 2.75) is 20.8 Å². The second-order valence-corrected chi connectivity index (χ2v) is 7.02. The highest BCUT2D eigenvalue weighted by atomic mass is 16.2. The van der Waals surface area contributed by atoms with Gasteiger partial charge in [-0.25, -0.2) is 4.79 Å². The van der Waals surface area contributed by atoms with E-state index in [4.69, 9.17) is 0 Å². The molecule has 0 saturated carbocycles. The van der Waals surface area contributed by atoms with Crippen LogP contribution in [0.25, 0.3) is 11.0 Å². The van der Waals surface area contributed by atoms with Crippen LogP contribution in [0.3, 0.4) is 0 Å². The van der Waals surface area contributed by atoms with Crippen LogP contribution in [0.1, 0.15) is 20.8 Å². The van der Waals surface area contributed by atoms with Crippen LogP contribution in [0.4, 0.5) is 5.69 Å². The van der Waals surface area contributed by atoms with Gasteiger partial charge in [0.05, 0.1) is 11.0 Å². The Balaban J connectivity index is 1.84. The van der Waals surface area contributed by atoms with Crippen LogP contribution >= 0.6 is 0 Å². The van der Waals surface area contributed by atoms with Crippen molar-refractivity contribution < 1.29 is 9.59 Å². The van der Waals surface area contributed by atoms with Gasteiger partial charge in [0.2, 0.25) is 11.8 Å². The maximum absolute atomic E-state index is 12.6. The molecule has 2 aromatic rings. The number of hydrogen-bond acceptors (Lipinski definition) is 3. The fraction of sp³-hybridized carbons (Fsp3) is 0.438. The molecule has 1 aliphatic rings. The minimum absolute atomic E-state index is 0.0641. The van der Waals surface area contributed by atoms with Crippen molar-refractivity contribution in [1.29, 1.82) is 0 Å². The van der Waals surface area contributed by atoms with E-state index in [0.717, 1.165) is 0 Å². The molecule has 1 aromatic heterocycles. The number of aromatic amines is 2. The highest BCUT2D eigenvalue weighted by Gasteiger charge is 2.45. The van der Waals surface area contributed by atoms with Gasteiger partial charge in [-0.2, -0.15) is 0 Å². The third-order valence-corrected chi connectivity index (χ3v) is 4.36. The van der Waals surface area contributed by atoms with Crippen molar-refractivity contribution in [3.8, 4) is 0 Å². The molecule has 3 rings (SSSR count). The number of benzene rings is 1. The normalized spacial score (nSPS) is 21.4. The summed E-state index contributed by atoms with van der Waals surface area (Å²) >= 11 is 0. The first-order chi connectivity index (χ1) is 10.8. The zero-order valence-corrected chi connectivity index (χ0v) is 13.3. The fourth-order valence-corrected chi connectivity index (χ4v) is 3.06. The van der Waals surface area contributed by atoms with Gasteiger partial charge in [-0.3, -0.25) is 9.59 Å². The lowest BCUT2D eigenvalue weighted by atomic mass is 9.74. The molecule has 1 saturated heterocycles. The number of hydrogen-bond donors (Lipinski definition) is 4. The highest BCUT2D eigenvalue weighted by Crippen LogP contribution is 2.35. The lowest BCUT2D eigenvalue weighted by Crippen LogP contribution is -2.37. The summed E-state index contributed by atoms with van der Waals surface area (Å²) in [5.41, 5.74) is 1.36. The fourth-order valence-electron chi connectivity index (χ4n) is 3.06. The van der Waals surface area contributed by atoms with E-state index in [1.807, 2.05) is 20.8 Å². The molecular formula is C16H20N4O3. The van der Waals surface area contributed by atoms with E-state index in [-0.39, 0.29) is 28.8 Å². The van der Waals surface area contributed by atoms with Crippen molar-refractivity contribution in [1.82, 2.24) is 15.3 Å². The molecule has 0 radical (unpaired) electrons. The molecule has 2 atom stereocenters. The molecule has 23 heavy (non-hydrogen) atoms. The summed E-state index contributed by atoms with van der Waals surface area (Å²) in [6.45, 7) is 6.57. The van der Waals surface area contributed by atoms with Crippen molar-refractivity contribution in [3.05, 3.63) is 28.7 Å². The van der Waals surface area contributed by atoms with Gasteiger partial charge in [0.15, 0.2) is 0 Å². The van der Waals surface area contributed by atoms with Gasteiger partial charge < -0.3 is 20.6 Å². The van der Waals surface area contributed by atoms with Gasteiger partial charge >= 0.3 is 5.69 Å². The topological polar surface area (TPSA) is 107 Å². The molecule has 1 fully saturated rings. The zero-order chi connectivity index (χ0) is 16.8. The van der Waals surface area contributed by atoms with Gasteiger partial charge in [0.1, 0.15) is 5.92 Å². The van der Waals surface area contributed by atoms with Crippen LogP contribution in [-0.2, 0) is 9.59 Å². The van der Waals surface area contributed by atoms with Crippen LogP contribution in [0.2, 0.25) is 0 Å². The first kappa shape index (κ1) is 15.3. The van der Waals surface area contributed by atoms with Gasteiger partial charge in [-0.15, -0.1) is 0 Å². The molecule has 4 N–H and O–H groups in total. The SMILES string of the molecule is CC(C)(C)[C@@H]1CNC(=O)[C@H]1C(=O)Nc1ccc2[nH]c(=O)[nH]c2c1.